The van der Waals surface area contributed by atoms with Gasteiger partial charge in [0.25, 0.3) is 0 Å². The lowest BCUT2D eigenvalue weighted by Crippen LogP contribution is -2.49. The predicted octanol–water partition coefficient (Wildman–Crippen LogP) is 1.77. The molecule has 3 rings (SSSR count). The number of halogens is 1. The van der Waals surface area contributed by atoms with Gasteiger partial charge in [-0.25, -0.2) is 4.39 Å². The molecule has 2 atom stereocenters. The first kappa shape index (κ1) is 15.6. The zero-order chi connectivity index (χ0) is 16.4. The third kappa shape index (κ3) is 3.25. The highest BCUT2D eigenvalue weighted by Gasteiger charge is 2.31. The normalized spacial score (nSPS) is 19.1. The molecule has 120 valence electrons. The maximum Gasteiger partial charge on any atom is 0.235 e. The van der Waals surface area contributed by atoms with Crippen molar-refractivity contribution in [1.29, 1.82) is 0 Å². The van der Waals surface area contributed by atoms with Gasteiger partial charge < -0.3 is 10.8 Å². The van der Waals surface area contributed by atoms with E-state index < -0.39 is 23.9 Å². The van der Waals surface area contributed by atoms with Crippen LogP contribution in [-0.2, 0) is 17.8 Å². The molecule has 0 spiro atoms. The number of amides is 1. The number of carbonyl (C=O) groups excluding carboxylic acids is 1. The molecule has 2 aromatic carbocycles. The Kier molecular flexibility index (Phi) is 4.41. The maximum atomic E-state index is 13.8. The van der Waals surface area contributed by atoms with Crippen LogP contribution in [0.25, 0.3) is 0 Å². The first-order chi connectivity index (χ1) is 11.1. The molecule has 5 heteroatoms. The van der Waals surface area contributed by atoms with E-state index in [9.17, 15) is 14.3 Å². The van der Waals surface area contributed by atoms with Gasteiger partial charge in [0.2, 0.25) is 5.91 Å². The average molecular weight is 314 g/mol. The van der Waals surface area contributed by atoms with Crippen LogP contribution in [0.2, 0.25) is 0 Å². The minimum atomic E-state index is -1.01. The standard InChI is InChI=1S/C18H19FN2O2/c19-15-8-4-3-7-14(15)17(22)11-21-10-13-6-2-1-5-12(13)9-16(21)18(20)23/h1-8,16-17,22H,9-11H2,(H2,20,23)/t16-,17?/m0/s1. The minimum Gasteiger partial charge on any atom is -0.387 e. The molecule has 1 amide bonds. The van der Waals surface area contributed by atoms with E-state index in [1.807, 2.05) is 29.2 Å². The number of primary amides is 1. The third-order valence-corrected chi connectivity index (χ3v) is 4.35. The van der Waals surface area contributed by atoms with E-state index in [0.717, 1.165) is 11.1 Å². The Labute approximate surface area is 134 Å². The van der Waals surface area contributed by atoms with Crippen molar-refractivity contribution in [2.45, 2.75) is 25.1 Å². The van der Waals surface area contributed by atoms with Gasteiger partial charge in [-0.05, 0) is 23.6 Å². The number of aliphatic hydroxyl groups excluding tert-OH is 1. The highest BCUT2D eigenvalue weighted by Crippen LogP contribution is 2.26. The van der Waals surface area contributed by atoms with E-state index in [2.05, 4.69) is 0 Å². The molecule has 1 aliphatic heterocycles. The Bertz CT molecular complexity index is 720. The van der Waals surface area contributed by atoms with Crippen molar-refractivity contribution in [3.8, 4) is 0 Å². The highest BCUT2D eigenvalue weighted by molar-refractivity contribution is 5.80. The van der Waals surface area contributed by atoms with Gasteiger partial charge >= 0.3 is 0 Å². The van der Waals surface area contributed by atoms with Gasteiger partial charge in [-0.2, -0.15) is 0 Å². The van der Waals surface area contributed by atoms with E-state index >= 15 is 0 Å². The summed E-state index contributed by atoms with van der Waals surface area (Å²) in [5.74, 6) is -0.881. The van der Waals surface area contributed by atoms with Gasteiger partial charge in [0, 0.05) is 18.7 Å². The second kappa shape index (κ2) is 6.48. The fourth-order valence-corrected chi connectivity index (χ4v) is 3.12. The molecule has 0 saturated carbocycles. The Morgan fingerprint density at radius 2 is 1.87 bits per heavy atom. The SMILES string of the molecule is NC(=O)[C@@H]1Cc2ccccc2CN1CC(O)c1ccccc1F. The number of carbonyl (C=O) groups is 1. The number of nitrogens with two attached hydrogens (primary N) is 1. The van der Waals surface area contributed by atoms with Crippen molar-refractivity contribution in [1.82, 2.24) is 4.90 Å². The Hall–Kier alpha value is -2.24. The minimum absolute atomic E-state index is 0.156. The van der Waals surface area contributed by atoms with Crippen LogP contribution in [0.4, 0.5) is 4.39 Å². The molecule has 1 heterocycles. The second-order valence-electron chi connectivity index (χ2n) is 5.86. The fraction of sp³-hybridized carbons (Fsp3) is 0.278. The molecular formula is C18H19FN2O2. The van der Waals surface area contributed by atoms with Gasteiger partial charge in [-0.15, -0.1) is 0 Å². The summed E-state index contributed by atoms with van der Waals surface area (Å²) in [6.07, 6.45) is -0.501. The second-order valence-corrected chi connectivity index (χ2v) is 5.86. The van der Waals surface area contributed by atoms with Gasteiger partial charge in [0.05, 0.1) is 12.1 Å². The highest BCUT2D eigenvalue weighted by atomic mass is 19.1. The van der Waals surface area contributed by atoms with Crippen LogP contribution in [0.1, 0.15) is 22.8 Å². The van der Waals surface area contributed by atoms with Gasteiger partial charge in [-0.3, -0.25) is 9.69 Å². The Balaban J connectivity index is 1.83. The van der Waals surface area contributed by atoms with Gasteiger partial charge in [0.1, 0.15) is 5.82 Å². The molecule has 3 N–H and O–H groups in total. The molecule has 0 saturated heterocycles. The molecule has 0 fully saturated rings. The summed E-state index contributed by atoms with van der Waals surface area (Å²) in [7, 11) is 0. The number of nitrogens with zero attached hydrogens (tertiary/aromatic N) is 1. The van der Waals surface area contributed by atoms with Crippen LogP contribution in [0.3, 0.4) is 0 Å². The van der Waals surface area contributed by atoms with Crippen molar-refractivity contribution in [3.63, 3.8) is 0 Å². The van der Waals surface area contributed by atoms with E-state index in [0.29, 0.717) is 13.0 Å². The molecule has 2 aromatic rings. The van der Waals surface area contributed by atoms with Crippen LogP contribution in [0.5, 0.6) is 0 Å². The lowest BCUT2D eigenvalue weighted by Gasteiger charge is -2.36. The van der Waals surface area contributed by atoms with Crippen LogP contribution in [-0.4, -0.2) is 28.5 Å². The summed E-state index contributed by atoms with van der Waals surface area (Å²) >= 11 is 0. The Morgan fingerprint density at radius 3 is 2.57 bits per heavy atom. The number of aliphatic hydroxyl groups is 1. The topological polar surface area (TPSA) is 66.6 Å². The average Bonchev–Trinajstić information content (AvgIpc) is 2.54. The summed E-state index contributed by atoms with van der Waals surface area (Å²) in [6, 6.07) is 13.5. The van der Waals surface area contributed by atoms with E-state index in [4.69, 9.17) is 5.73 Å². The molecule has 0 radical (unpaired) electrons. The number of hydrogen-bond acceptors (Lipinski definition) is 3. The molecule has 1 unspecified atom stereocenters. The lowest BCUT2D eigenvalue weighted by molar-refractivity contribution is -0.124. The summed E-state index contributed by atoms with van der Waals surface area (Å²) in [6.45, 7) is 0.665. The maximum absolute atomic E-state index is 13.8. The zero-order valence-corrected chi connectivity index (χ0v) is 12.7. The molecule has 0 aliphatic carbocycles. The van der Waals surface area contributed by atoms with Crippen molar-refractivity contribution >= 4 is 5.91 Å². The van der Waals surface area contributed by atoms with Crippen molar-refractivity contribution in [3.05, 3.63) is 71.0 Å². The molecule has 23 heavy (non-hydrogen) atoms. The lowest BCUT2D eigenvalue weighted by atomic mass is 9.93. The summed E-state index contributed by atoms with van der Waals surface area (Å²) in [5, 5.41) is 10.4. The Morgan fingerprint density at radius 1 is 1.22 bits per heavy atom. The number of hydrogen-bond donors (Lipinski definition) is 2. The number of benzene rings is 2. The molecule has 0 bridgehead atoms. The predicted molar refractivity (Wildman–Crippen MR) is 84.9 cm³/mol. The van der Waals surface area contributed by atoms with Gasteiger partial charge in [0.15, 0.2) is 0 Å². The molecule has 4 nitrogen and oxygen atoms in total. The van der Waals surface area contributed by atoms with E-state index in [1.54, 1.807) is 18.2 Å². The monoisotopic (exact) mass is 314 g/mol. The number of β-amino-alcohol motifs (C(OH)–C–C–N with tert-alkyl or cyclic N) is 1. The first-order valence-electron chi connectivity index (χ1n) is 7.59. The number of fused-ring (bicyclic) bond motifs is 1. The van der Waals surface area contributed by atoms with Crippen molar-refractivity contribution in [2.75, 3.05) is 6.54 Å². The van der Waals surface area contributed by atoms with Crippen LogP contribution in [0.15, 0.2) is 48.5 Å². The first-order valence-corrected chi connectivity index (χ1v) is 7.59. The van der Waals surface area contributed by atoms with Crippen molar-refractivity contribution in [2.24, 2.45) is 5.73 Å². The summed E-state index contributed by atoms with van der Waals surface area (Å²) in [5.41, 5.74) is 7.95. The molecule has 1 aliphatic rings. The quantitative estimate of drug-likeness (QED) is 0.904. The van der Waals surface area contributed by atoms with E-state index in [-0.39, 0.29) is 12.1 Å². The van der Waals surface area contributed by atoms with Crippen LogP contribution in [0, 0.1) is 5.82 Å². The zero-order valence-electron chi connectivity index (χ0n) is 12.7. The third-order valence-electron chi connectivity index (χ3n) is 4.35. The number of rotatable bonds is 4. The molecule has 0 aromatic heterocycles. The summed E-state index contributed by atoms with van der Waals surface area (Å²) < 4.78 is 13.8. The van der Waals surface area contributed by atoms with Gasteiger partial charge in [-0.1, -0.05) is 42.5 Å². The summed E-state index contributed by atoms with van der Waals surface area (Å²) in [4.78, 5) is 13.6. The smallest absolute Gasteiger partial charge is 0.235 e. The molecular weight excluding hydrogens is 295 g/mol. The van der Waals surface area contributed by atoms with Crippen molar-refractivity contribution < 1.29 is 14.3 Å². The van der Waals surface area contributed by atoms with Crippen LogP contribution >= 0.6 is 0 Å². The largest absolute Gasteiger partial charge is 0.387 e. The van der Waals surface area contributed by atoms with E-state index in [1.165, 1.54) is 6.07 Å². The van der Waals surface area contributed by atoms with Crippen LogP contribution < -0.4 is 5.73 Å². The fourth-order valence-electron chi connectivity index (χ4n) is 3.12.